The number of hydrogen-bond donors (Lipinski definition) is 0. The molecule has 17 heavy (non-hydrogen) atoms. The van der Waals surface area contributed by atoms with E-state index in [1.54, 1.807) is 6.92 Å². The van der Waals surface area contributed by atoms with Crippen molar-refractivity contribution in [3.05, 3.63) is 57.3 Å². The molecule has 2 aromatic rings. The van der Waals surface area contributed by atoms with Crippen molar-refractivity contribution in [3.63, 3.8) is 0 Å². The number of thiophene rings is 1. The van der Waals surface area contributed by atoms with Gasteiger partial charge in [-0.1, -0.05) is 12.1 Å². The van der Waals surface area contributed by atoms with E-state index in [9.17, 15) is 8.78 Å². The van der Waals surface area contributed by atoms with Gasteiger partial charge in [-0.05, 0) is 30.0 Å². The standard InChI is InChI=1S/C13H11ClF2S/c1-8-4-5-11(15)12(13(8)16)10(14)7-9-3-2-6-17-9/h2-6,10H,7H2,1H3. The highest BCUT2D eigenvalue weighted by atomic mass is 35.5. The fourth-order valence-electron chi connectivity index (χ4n) is 1.67. The molecule has 1 heterocycles. The molecule has 1 aromatic heterocycles. The summed E-state index contributed by atoms with van der Waals surface area (Å²) in [7, 11) is 0. The maximum Gasteiger partial charge on any atom is 0.133 e. The lowest BCUT2D eigenvalue weighted by molar-refractivity contribution is 0.546. The van der Waals surface area contributed by atoms with Gasteiger partial charge in [-0.2, -0.15) is 0 Å². The fraction of sp³-hybridized carbons (Fsp3) is 0.231. The fourth-order valence-corrected chi connectivity index (χ4v) is 2.88. The van der Waals surface area contributed by atoms with Gasteiger partial charge in [0.25, 0.3) is 0 Å². The zero-order valence-corrected chi connectivity index (χ0v) is 10.8. The van der Waals surface area contributed by atoms with Crippen molar-refractivity contribution in [2.45, 2.75) is 18.7 Å². The van der Waals surface area contributed by atoms with E-state index in [1.807, 2.05) is 17.5 Å². The van der Waals surface area contributed by atoms with Gasteiger partial charge >= 0.3 is 0 Å². The average molecular weight is 273 g/mol. The van der Waals surface area contributed by atoms with Crippen LogP contribution in [0.3, 0.4) is 0 Å². The zero-order chi connectivity index (χ0) is 12.4. The van der Waals surface area contributed by atoms with Crippen LogP contribution in [0.15, 0.2) is 29.6 Å². The molecule has 0 bridgehead atoms. The molecule has 0 saturated heterocycles. The monoisotopic (exact) mass is 272 g/mol. The van der Waals surface area contributed by atoms with Crippen LogP contribution in [0.1, 0.15) is 21.4 Å². The Morgan fingerprint density at radius 2 is 2.06 bits per heavy atom. The number of halogens is 3. The van der Waals surface area contributed by atoms with Crippen molar-refractivity contribution in [2.75, 3.05) is 0 Å². The van der Waals surface area contributed by atoms with Crippen molar-refractivity contribution in [1.82, 2.24) is 0 Å². The first-order valence-electron chi connectivity index (χ1n) is 5.20. The van der Waals surface area contributed by atoms with E-state index in [0.717, 1.165) is 4.88 Å². The minimum absolute atomic E-state index is 0.0277. The SMILES string of the molecule is Cc1ccc(F)c(C(Cl)Cc2cccs2)c1F. The van der Waals surface area contributed by atoms with Crippen molar-refractivity contribution >= 4 is 22.9 Å². The lowest BCUT2D eigenvalue weighted by atomic mass is 10.0. The summed E-state index contributed by atoms with van der Waals surface area (Å²) in [5.41, 5.74) is 0.387. The summed E-state index contributed by atoms with van der Waals surface area (Å²) in [6, 6.07) is 6.48. The minimum Gasteiger partial charge on any atom is -0.207 e. The van der Waals surface area contributed by atoms with E-state index in [2.05, 4.69) is 0 Å². The van der Waals surface area contributed by atoms with Crippen molar-refractivity contribution in [1.29, 1.82) is 0 Å². The second kappa shape index (κ2) is 5.15. The van der Waals surface area contributed by atoms with Gasteiger partial charge in [0.1, 0.15) is 11.6 Å². The van der Waals surface area contributed by atoms with Crippen LogP contribution in [0.5, 0.6) is 0 Å². The van der Waals surface area contributed by atoms with Crippen LogP contribution >= 0.6 is 22.9 Å². The quantitative estimate of drug-likeness (QED) is 0.700. The van der Waals surface area contributed by atoms with Gasteiger partial charge < -0.3 is 0 Å². The molecular weight excluding hydrogens is 262 g/mol. The molecule has 0 N–H and O–H groups in total. The lowest BCUT2D eigenvalue weighted by Gasteiger charge is -2.12. The maximum atomic E-state index is 13.8. The number of alkyl halides is 1. The summed E-state index contributed by atoms with van der Waals surface area (Å²) in [5.74, 6) is -1.12. The van der Waals surface area contributed by atoms with Crippen LogP contribution in [0, 0.1) is 18.6 Å². The van der Waals surface area contributed by atoms with Crippen LogP contribution in [-0.4, -0.2) is 0 Å². The highest BCUT2D eigenvalue weighted by Gasteiger charge is 2.20. The number of rotatable bonds is 3. The summed E-state index contributed by atoms with van der Waals surface area (Å²) in [6.45, 7) is 1.60. The Labute approximate surface area is 108 Å². The Kier molecular flexibility index (Phi) is 3.79. The third kappa shape index (κ3) is 2.67. The third-order valence-electron chi connectivity index (χ3n) is 2.59. The van der Waals surface area contributed by atoms with Crippen molar-refractivity contribution in [3.8, 4) is 0 Å². The van der Waals surface area contributed by atoms with Crippen molar-refractivity contribution in [2.24, 2.45) is 0 Å². The van der Waals surface area contributed by atoms with Gasteiger partial charge in [0, 0.05) is 16.9 Å². The molecule has 90 valence electrons. The molecule has 1 unspecified atom stereocenters. The molecule has 0 aliphatic heterocycles. The maximum absolute atomic E-state index is 13.8. The first kappa shape index (κ1) is 12.5. The Balaban J connectivity index is 2.30. The Hall–Kier alpha value is -0.930. The highest BCUT2D eigenvalue weighted by molar-refractivity contribution is 7.09. The van der Waals surface area contributed by atoms with Crippen molar-refractivity contribution < 1.29 is 8.78 Å². The Bertz CT molecular complexity index is 508. The zero-order valence-electron chi connectivity index (χ0n) is 9.21. The molecule has 0 spiro atoms. The molecule has 0 fully saturated rings. The highest BCUT2D eigenvalue weighted by Crippen LogP contribution is 2.31. The summed E-state index contributed by atoms with van der Waals surface area (Å²) in [6.07, 6.45) is 0.441. The van der Waals surface area contributed by atoms with E-state index in [4.69, 9.17) is 11.6 Å². The molecule has 4 heteroatoms. The van der Waals surface area contributed by atoms with Gasteiger partial charge in [-0.25, -0.2) is 8.78 Å². The molecule has 1 aromatic carbocycles. The van der Waals surface area contributed by atoms with E-state index in [1.165, 1.54) is 23.5 Å². The third-order valence-corrected chi connectivity index (χ3v) is 3.86. The van der Waals surface area contributed by atoms with Crippen LogP contribution in [0.2, 0.25) is 0 Å². The largest absolute Gasteiger partial charge is 0.207 e. The minimum atomic E-state index is -0.673. The molecule has 2 rings (SSSR count). The van der Waals surface area contributed by atoms with E-state index in [-0.39, 0.29) is 5.56 Å². The van der Waals surface area contributed by atoms with Crippen LogP contribution in [-0.2, 0) is 6.42 Å². The topological polar surface area (TPSA) is 0 Å². The molecule has 0 nitrogen and oxygen atoms in total. The van der Waals surface area contributed by atoms with E-state index in [0.29, 0.717) is 12.0 Å². The summed E-state index contributed by atoms with van der Waals surface area (Å²) in [5, 5.41) is 1.25. The molecule has 0 radical (unpaired) electrons. The number of aryl methyl sites for hydroxylation is 1. The molecule has 0 saturated carbocycles. The molecule has 1 atom stereocenters. The predicted octanol–water partition coefficient (Wildman–Crippen LogP) is 4.86. The van der Waals surface area contributed by atoms with Crippen LogP contribution < -0.4 is 0 Å². The molecule has 0 amide bonds. The smallest absolute Gasteiger partial charge is 0.133 e. The second-order valence-corrected chi connectivity index (χ2v) is 5.40. The lowest BCUT2D eigenvalue weighted by Crippen LogP contribution is -2.03. The van der Waals surface area contributed by atoms with E-state index >= 15 is 0 Å². The predicted molar refractivity (Wildman–Crippen MR) is 67.7 cm³/mol. The molecule has 0 aliphatic carbocycles. The van der Waals surface area contributed by atoms with Crippen LogP contribution in [0.4, 0.5) is 8.78 Å². The van der Waals surface area contributed by atoms with Gasteiger partial charge in [0.2, 0.25) is 0 Å². The van der Waals surface area contributed by atoms with Gasteiger partial charge in [0.05, 0.1) is 5.38 Å². The van der Waals surface area contributed by atoms with Gasteiger partial charge in [-0.15, -0.1) is 22.9 Å². The van der Waals surface area contributed by atoms with Gasteiger partial charge in [0.15, 0.2) is 0 Å². The summed E-state index contributed by atoms with van der Waals surface area (Å²) >= 11 is 7.64. The summed E-state index contributed by atoms with van der Waals surface area (Å²) < 4.78 is 27.4. The average Bonchev–Trinajstić information content (AvgIpc) is 2.77. The van der Waals surface area contributed by atoms with Crippen LogP contribution in [0.25, 0.3) is 0 Å². The molecule has 0 aliphatic rings. The number of benzene rings is 1. The normalized spacial score (nSPS) is 12.7. The Morgan fingerprint density at radius 3 is 2.71 bits per heavy atom. The Morgan fingerprint density at radius 1 is 1.29 bits per heavy atom. The first-order chi connectivity index (χ1) is 8.09. The van der Waals surface area contributed by atoms with Gasteiger partial charge in [-0.3, -0.25) is 0 Å². The van der Waals surface area contributed by atoms with E-state index < -0.39 is 17.0 Å². The second-order valence-electron chi connectivity index (χ2n) is 3.84. The first-order valence-corrected chi connectivity index (χ1v) is 6.52. The molecular formula is C13H11ClF2S. The summed E-state index contributed by atoms with van der Waals surface area (Å²) in [4.78, 5) is 1.02. The number of hydrogen-bond acceptors (Lipinski definition) is 1.